The molecular formula is C11H17N3O4. The summed E-state index contributed by atoms with van der Waals surface area (Å²) in [5, 5.41) is 2.56. The largest absolute Gasteiger partial charge is 0.493 e. The van der Waals surface area contributed by atoms with Crippen LogP contribution in [0.15, 0.2) is 12.1 Å². The van der Waals surface area contributed by atoms with Gasteiger partial charge in [0.1, 0.15) is 0 Å². The van der Waals surface area contributed by atoms with Gasteiger partial charge in [0.05, 0.1) is 21.3 Å². The summed E-state index contributed by atoms with van der Waals surface area (Å²) in [6.07, 6.45) is 0. The molecule has 0 radical (unpaired) electrons. The smallest absolute Gasteiger partial charge is 0.329 e. The number of carbonyl (C=O) groups is 1. The highest BCUT2D eigenvalue weighted by Crippen LogP contribution is 2.38. The van der Waals surface area contributed by atoms with Crippen LogP contribution in [0.5, 0.6) is 17.2 Å². The Bertz CT molecular complexity index is 398. The summed E-state index contributed by atoms with van der Waals surface area (Å²) in [6, 6.07) is 3.03. The van der Waals surface area contributed by atoms with Crippen LogP contribution in [0.25, 0.3) is 0 Å². The molecule has 1 aromatic carbocycles. The van der Waals surface area contributed by atoms with Gasteiger partial charge in [-0.1, -0.05) is 0 Å². The zero-order valence-electron chi connectivity index (χ0n) is 10.6. The van der Waals surface area contributed by atoms with Crippen molar-refractivity contribution >= 4 is 6.03 Å². The van der Waals surface area contributed by atoms with E-state index in [1.807, 2.05) is 5.43 Å². The molecule has 0 aliphatic carbocycles. The third kappa shape index (κ3) is 3.17. The number of hydrogen-bond acceptors (Lipinski definition) is 5. The second-order valence-electron chi connectivity index (χ2n) is 3.36. The molecule has 7 heteroatoms. The molecule has 2 amide bonds. The first-order chi connectivity index (χ1) is 8.65. The number of rotatable bonds is 5. The molecular weight excluding hydrogens is 238 g/mol. The predicted octanol–water partition coefficient (Wildman–Crippen LogP) is 0.385. The monoisotopic (exact) mass is 255 g/mol. The highest BCUT2D eigenvalue weighted by molar-refractivity contribution is 5.73. The lowest BCUT2D eigenvalue weighted by atomic mass is 10.2. The third-order valence-electron chi connectivity index (χ3n) is 2.31. The predicted molar refractivity (Wildman–Crippen MR) is 65.7 cm³/mol. The van der Waals surface area contributed by atoms with Gasteiger partial charge in [-0.25, -0.2) is 10.6 Å². The van der Waals surface area contributed by atoms with Crippen molar-refractivity contribution in [3.8, 4) is 17.2 Å². The normalized spacial score (nSPS) is 9.56. The molecule has 0 aliphatic heterocycles. The highest BCUT2D eigenvalue weighted by atomic mass is 16.5. The van der Waals surface area contributed by atoms with Gasteiger partial charge in [-0.05, 0) is 17.7 Å². The number of hydrogen-bond donors (Lipinski definition) is 3. The Morgan fingerprint density at radius 3 is 2.11 bits per heavy atom. The van der Waals surface area contributed by atoms with E-state index in [-0.39, 0.29) is 0 Å². The first-order valence-electron chi connectivity index (χ1n) is 5.19. The van der Waals surface area contributed by atoms with E-state index in [9.17, 15) is 4.79 Å². The lowest BCUT2D eigenvalue weighted by Crippen LogP contribution is -2.39. The van der Waals surface area contributed by atoms with Gasteiger partial charge in [0.25, 0.3) is 0 Å². The molecule has 1 rings (SSSR count). The van der Waals surface area contributed by atoms with Crippen LogP contribution >= 0.6 is 0 Å². The quantitative estimate of drug-likeness (QED) is 0.402. The maximum atomic E-state index is 11.0. The van der Waals surface area contributed by atoms with Gasteiger partial charge >= 0.3 is 6.03 Å². The summed E-state index contributed by atoms with van der Waals surface area (Å²) < 4.78 is 15.6. The van der Waals surface area contributed by atoms with Crippen LogP contribution in [0.2, 0.25) is 0 Å². The molecule has 4 N–H and O–H groups in total. The summed E-state index contributed by atoms with van der Waals surface area (Å²) in [4.78, 5) is 11.0. The summed E-state index contributed by atoms with van der Waals surface area (Å²) in [6.45, 7) is 0.291. The standard InChI is InChI=1S/C11H17N3O4/c1-16-8-4-7(6-13-11(15)14-12)5-9(17-2)10(8)18-3/h4-5H,6,12H2,1-3H3,(H2,13,14,15). The van der Waals surface area contributed by atoms with E-state index >= 15 is 0 Å². The molecule has 0 aromatic heterocycles. The number of nitrogens with two attached hydrogens (primary N) is 1. The first kappa shape index (κ1) is 13.9. The second kappa shape index (κ2) is 6.55. The van der Waals surface area contributed by atoms with Crippen molar-refractivity contribution in [1.82, 2.24) is 10.7 Å². The van der Waals surface area contributed by atoms with Crippen LogP contribution in [-0.4, -0.2) is 27.4 Å². The van der Waals surface area contributed by atoms with Gasteiger partial charge in [0, 0.05) is 6.54 Å². The fraction of sp³-hybridized carbons (Fsp3) is 0.364. The Balaban J connectivity index is 2.96. The van der Waals surface area contributed by atoms with E-state index in [1.165, 1.54) is 21.3 Å². The molecule has 100 valence electrons. The van der Waals surface area contributed by atoms with Crippen LogP contribution in [-0.2, 0) is 6.54 Å². The molecule has 0 aliphatic rings. The fourth-order valence-corrected chi connectivity index (χ4v) is 1.47. The van der Waals surface area contributed by atoms with Gasteiger partial charge in [0.2, 0.25) is 5.75 Å². The Morgan fingerprint density at radius 2 is 1.72 bits per heavy atom. The number of amides is 2. The molecule has 0 unspecified atom stereocenters. The molecule has 0 atom stereocenters. The van der Waals surface area contributed by atoms with Crippen LogP contribution in [0.1, 0.15) is 5.56 Å². The number of ether oxygens (including phenoxy) is 3. The van der Waals surface area contributed by atoms with Gasteiger partial charge in [-0.15, -0.1) is 0 Å². The van der Waals surface area contributed by atoms with Crippen molar-refractivity contribution in [2.24, 2.45) is 5.84 Å². The second-order valence-corrected chi connectivity index (χ2v) is 3.36. The molecule has 18 heavy (non-hydrogen) atoms. The number of urea groups is 1. The summed E-state index contributed by atoms with van der Waals surface area (Å²) in [5.74, 6) is 6.53. The van der Waals surface area contributed by atoms with E-state index < -0.39 is 6.03 Å². The first-order valence-corrected chi connectivity index (χ1v) is 5.19. The van der Waals surface area contributed by atoms with Crippen molar-refractivity contribution in [2.75, 3.05) is 21.3 Å². The molecule has 0 spiro atoms. The van der Waals surface area contributed by atoms with E-state index in [0.29, 0.717) is 23.8 Å². The number of carbonyl (C=O) groups excluding carboxylic acids is 1. The maximum Gasteiger partial charge on any atom is 0.329 e. The lowest BCUT2D eigenvalue weighted by molar-refractivity contribution is 0.240. The average Bonchev–Trinajstić information content (AvgIpc) is 2.43. The maximum absolute atomic E-state index is 11.0. The van der Waals surface area contributed by atoms with Crippen molar-refractivity contribution < 1.29 is 19.0 Å². The minimum absolute atomic E-state index is 0.291. The minimum atomic E-state index is -0.469. The molecule has 0 saturated carbocycles. The SMILES string of the molecule is COc1cc(CNC(=O)NN)cc(OC)c1OC. The van der Waals surface area contributed by atoms with Gasteiger partial charge in [0.15, 0.2) is 11.5 Å². The van der Waals surface area contributed by atoms with Gasteiger partial charge < -0.3 is 19.5 Å². The molecule has 0 bridgehead atoms. The Kier molecular flexibility index (Phi) is 5.06. The van der Waals surface area contributed by atoms with E-state index in [2.05, 4.69) is 5.32 Å². The van der Waals surface area contributed by atoms with Crippen molar-refractivity contribution in [1.29, 1.82) is 0 Å². The molecule has 0 fully saturated rings. The van der Waals surface area contributed by atoms with E-state index in [1.54, 1.807) is 12.1 Å². The van der Waals surface area contributed by atoms with Crippen molar-refractivity contribution in [3.05, 3.63) is 17.7 Å². The van der Waals surface area contributed by atoms with Crippen molar-refractivity contribution in [3.63, 3.8) is 0 Å². The Labute approximate surface area is 105 Å². The average molecular weight is 255 g/mol. The number of hydrazine groups is 1. The molecule has 0 heterocycles. The van der Waals surface area contributed by atoms with E-state index in [0.717, 1.165) is 5.56 Å². The number of methoxy groups -OCH3 is 3. The Morgan fingerprint density at radius 1 is 1.17 bits per heavy atom. The lowest BCUT2D eigenvalue weighted by Gasteiger charge is -2.14. The van der Waals surface area contributed by atoms with Crippen LogP contribution in [0.3, 0.4) is 0 Å². The zero-order chi connectivity index (χ0) is 13.5. The minimum Gasteiger partial charge on any atom is -0.493 e. The van der Waals surface area contributed by atoms with E-state index in [4.69, 9.17) is 20.1 Å². The summed E-state index contributed by atoms with van der Waals surface area (Å²) in [7, 11) is 4.59. The zero-order valence-corrected chi connectivity index (χ0v) is 10.6. The van der Waals surface area contributed by atoms with Gasteiger partial charge in [-0.3, -0.25) is 5.43 Å². The molecule has 1 aromatic rings. The Hall–Kier alpha value is -2.15. The fourth-order valence-electron chi connectivity index (χ4n) is 1.47. The van der Waals surface area contributed by atoms with Crippen LogP contribution in [0, 0.1) is 0 Å². The van der Waals surface area contributed by atoms with Crippen molar-refractivity contribution in [2.45, 2.75) is 6.54 Å². The van der Waals surface area contributed by atoms with Crippen LogP contribution < -0.4 is 30.8 Å². The molecule has 7 nitrogen and oxygen atoms in total. The summed E-state index contributed by atoms with van der Waals surface area (Å²) >= 11 is 0. The molecule has 0 saturated heterocycles. The number of benzene rings is 1. The van der Waals surface area contributed by atoms with Gasteiger partial charge in [-0.2, -0.15) is 0 Å². The van der Waals surface area contributed by atoms with Crippen LogP contribution in [0.4, 0.5) is 4.79 Å². The third-order valence-corrected chi connectivity index (χ3v) is 2.31. The number of nitrogens with one attached hydrogen (secondary N) is 2. The summed E-state index contributed by atoms with van der Waals surface area (Å²) in [5.41, 5.74) is 2.78. The topological polar surface area (TPSA) is 94.8 Å². The highest BCUT2D eigenvalue weighted by Gasteiger charge is 2.13.